The van der Waals surface area contributed by atoms with Gasteiger partial charge in [-0.25, -0.2) is 9.18 Å². The normalized spacial score (nSPS) is 10.9. The van der Waals surface area contributed by atoms with Gasteiger partial charge in [0.1, 0.15) is 11.6 Å². The Labute approximate surface area is 204 Å². The molecule has 0 heterocycles. The van der Waals surface area contributed by atoms with Crippen LogP contribution in [0.25, 0.3) is 11.1 Å². The van der Waals surface area contributed by atoms with E-state index in [1.807, 2.05) is 19.1 Å². The van der Waals surface area contributed by atoms with Crippen LogP contribution in [0.2, 0.25) is 0 Å². The fourth-order valence-electron chi connectivity index (χ4n) is 4.08. The lowest BCUT2D eigenvalue weighted by atomic mass is 10.0. The summed E-state index contributed by atoms with van der Waals surface area (Å²) in [5.74, 6) is -0.563. The van der Waals surface area contributed by atoms with Gasteiger partial charge < -0.3 is 4.74 Å². The summed E-state index contributed by atoms with van der Waals surface area (Å²) in [6.45, 7) is 4.23. The lowest BCUT2D eigenvalue weighted by molar-refractivity contribution is 0.0734. The third-order valence-electron chi connectivity index (χ3n) is 6.23. The average molecular weight is 460 g/mol. The molecule has 3 aromatic rings. The van der Waals surface area contributed by atoms with E-state index in [1.165, 1.54) is 50.2 Å². The molecule has 3 heteroatoms. The van der Waals surface area contributed by atoms with Gasteiger partial charge in [-0.2, -0.15) is 0 Å². The van der Waals surface area contributed by atoms with E-state index in [1.54, 1.807) is 24.3 Å². The van der Waals surface area contributed by atoms with Crippen molar-refractivity contribution < 1.29 is 13.9 Å². The van der Waals surface area contributed by atoms with E-state index in [2.05, 4.69) is 37.6 Å². The summed E-state index contributed by atoms with van der Waals surface area (Å²) in [6, 6.07) is 20.2. The minimum Gasteiger partial charge on any atom is -0.423 e. The van der Waals surface area contributed by atoms with Gasteiger partial charge in [-0.3, -0.25) is 0 Å². The van der Waals surface area contributed by atoms with Gasteiger partial charge in [0.05, 0.1) is 5.56 Å². The number of carbonyl (C=O) groups is 1. The van der Waals surface area contributed by atoms with Crippen LogP contribution in [0.4, 0.5) is 4.39 Å². The van der Waals surface area contributed by atoms with Crippen LogP contribution in [0, 0.1) is 12.2 Å². The summed E-state index contributed by atoms with van der Waals surface area (Å²) in [6.07, 6.45) is 12.6. The Morgan fingerprint density at radius 2 is 1.38 bits per heavy atom. The number of hydrogen-bond acceptors (Lipinski definition) is 2. The second-order valence-electron chi connectivity index (χ2n) is 8.86. The number of benzene rings is 3. The molecule has 3 rings (SSSR count). The van der Waals surface area contributed by atoms with Gasteiger partial charge in [0.15, 0.2) is 0 Å². The van der Waals surface area contributed by atoms with E-state index in [0.717, 1.165) is 24.0 Å². The predicted molar refractivity (Wildman–Crippen MR) is 139 cm³/mol. The van der Waals surface area contributed by atoms with Crippen molar-refractivity contribution in [3.8, 4) is 16.9 Å². The molecule has 0 aromatic heterocycles. The van der Waals surface area contributed by atoms with Crippen molar-refractivity contribution in [2.45, 2.75) is 71.6 Å². The molecular formula is C31H36FO2. The number of aryl methyl sites for hydroxylation is 1. The zero-order chi connectivity index (χ0) is 24.2. The van der Waals surface area contributed by atoms with Crippen LogP contribution in [0.3, 0.4) is 0 Å². The Hall–Kier alpha value is -2.94. The van der Waals surface area contributed by atoms with Crippen molar-refractivity contribution in [1.29, 1.82) is 0 Å². The predicted octanol–water partition coefficient (Wildman–Crippen LogP) is 8.97. The third kappa shape index (κ3) is 7.83. The summed E-state index contributed by atoms with van der Waals surface area (Å²) in [7, 11) is 0. The van der Waals surface area contributed by atoms with Crippen molar-refractivity contribution in [3.05, 3.63) is 95.7 Å². The highest BCUT2D eigenvalue weighted by molar-refractivity contribution is 5.91. The summed E-state index contributed by atoms with van der Waals surface area (Å²) >= 11 is 0. The van der Waals surface area contributed by atoms with E-state index >= 15 is 0 Å². The molecule has 2 nitrogen and oxygen atoms in total. The Kier molecular flexibility index (Phi) is 10.3. The quantitative estimate of drug-likeness (QED) is 0.145. The van der Waals surface area contributed by atoms with Crippen molar-refractivity contribution in [2.24, 2.45) is 0 Å². The van der Waals surface area contributed by atoms with Gasteiger partial charge in [0.25, 0.3) is 0 Å². The minimum atomic E-state index is -0.488. The minimum absolute atomic E-state index is 0.234. The van der Waals surface area contributed by atoms with Crippen LogP contribution in [0.1, 0.15) is 86.7 Å². The van der Waals surface area contributed by atoms with E-state index in [9.17, 15) is 9.18 Å². The molecule has 0 fully saturated rings. The summed E-state index contributed by atoms with van der Waals surface area (Å²) in [5.41, 5.74) is 4.39. The van der Waals surface area contributed by atoms with Crippen LogP contribution < -0.4 is 4.74 Å². The summed E-state index contributed by atoms with van der Waals surface area (Å²) in [4.78, 5) is 12.5. The van der Waals surface area contributed by atoms with Crippen molar-refractivity contribution in [1.82, 2.24) is 0 Å². The zero-order valence-corrected chi connectivity index (χ0v) is 20.5. The molecule has 0 unspecified atom stereocenters. The Morgan fingerprint density at radius 3 is 1.97 bits per heavy atom. The average Bonchev–Trinajstić information content (AvgIpc) is 2.87. The van der Waals surface area contributed by atoms with E-state index < -0.39 is 5.97 Å². The Balaban J connectivity index is 1.48. The first-order valence-corrected chi connectivity index (χ1v) is 12.6. The number of esters is 1. The molecule has 0 saturated carbocycles. The maximum atomic E-state index is 14.5. The summed E-state index contributed by atoms with van der Waals surface area (Å²) < 4.78 is 19.9. The molecule has 0 aliphatic carbocycles. The van der Waals surface area contributed by atoms with Gasteiger partial charge in [-0.05, 0) is 59.7 Å². The van der Waals surface area contributed by atoms with Crippen molar-refractivity contribution in [3.63, 3.8) is 0 Å². The molecule has 0 N–H and O–H groups in total. The number of halogens is 1. The molecule has 0 bridgehead atoms. The SMILES string of the molecule is C[CH]c1ccc(-c2ccc(C(=O)Oc3ccc(CCCCCCCCCC)c(F)c3)cc2)cc1. The largest absolute Gasteiger partial charge is 0.423 e. The molecule has 0 spiro atoms. The standard InChI is InChI=1S/C31H36FO2/c1-3-5-6-7-8-9-10-11-12-27-21-22-29(23-30(27)32)34-31(33)28-19-17-26(18-20-28)25-15-13-24(4-2)14-16-25/h4,13-23H,3,5-12H2,1-2H3. The highest BCUT2D eigenvalue weighted by Gasteiger charge is 2.11. The number of rotatable bonds is 13. The van der Waals surface area contributed by atoms with E-state index in [-0.39, 0.29) is 11.6 Å². The molecule has 0 atom stereocenters. The van der Waals surface area contributed by atoms with Crippen LogP contribution in [-0.4, -0.2) is 5.97 Å². The molecule has 1 radical (unpaired) electrons. The van der Waals surface area contributed by atoms with E-state index in [0.29, 0.717) is 17.5 Å². The number of unbranched alkanes of at least 4 members (excludes halogenated alkanes) is 7. The molecule has 0 aliphatic rings. The van der Waals surface area contributed by atoms with Gasteiger partial charge in [0, 0.05) is 6.07 Å². The third-order valence-corrected chi connectivity index (χ3v) is 6.23. The van der Waals surface area contributed by atoms with Gasteiger partial charge >= 0.3 is 5.97 Å². The highest BCUT2D eigenvalue weighted by atomic mass is 19.1. The first kappa shape index (κ1) is 25.7. The first-order valence-electron chi connectivity index (χ1n) is 12.6. The van der Waals surface area contributed by atoms with Crippen LogP contribution in [-0.2, 0) is 6.42 Å². The fraction of sp³-hybridized carbons (Fsp3) is 0.355. The Bertz CT molecular complexity index is 1020. The second-order valence-corrected chi connectivity index (χ2v) is 8.86. The van der Waals surface area contributed by atoms with Crippen LogP contribution >= 0.6 is 0 Å². The number of hydrogen-bond donors (Lipinski definition) is 0. The molecular weight excluding hydrogens is 423 g/mol. The summed E-state index contributed by atoms with van der Waals surface area (Å²) in [5, 5.41) is 0. The second kappa shape index (κ2) is 13.7. The van der Waals surface area contributed by atoms with Gasteiger partial charge in [-0.1, -0.05) is 101 Å². The lowest BCUT2D eigenvalue weighted by Crippen LogP contribution is -2.08. The van der Waals surface area contributed by atoms with Gasteiger partial charge in [0.2, 0.25) is 0 Å². The number of ether oxygens (including phenoxy) is 1. The van der Waals surface area contributed by atoms with Crippen molar-refractivity contribution >= 4 is 5.97 Å². The monoisotopic (exact) mass is 459 g/mol. The first-order chi connectivity index (χ1) is 16.6. The van der Waals surface area contributed by atoms with Crippen LogP contribution in [0.5, 0.6) is 5.75 Å². The maximum Gasteiger partial charge on any atom is 0.343 e. The molecule has 0 aliphatic heterocycles. The maximum absolute atomic E-state index is 14.5. The van der Waals surface area contributed by atoms with Gasteiger partial charge in [-0.15, -0.1) is 0 Å². The Morgan fingerprint density at radius 1 is 0.794 bits per heavy atom. The molecule has 0 amide bonds. The molecule has 0 saturated heterocycles. The highest BCUT2D eigenvalue weighted by Crippen LogP contribution is 2.23. The topological polar surface area (TPSA) is 26.3 Å². The van der Waals surface area contributed by atoms with E-state index in [4.69, 9.17) is 4.74 Å². The van der Waals surface area contributed by atoms with Crippen LogP contribution in [0.15, 0.2) is 66.7 Å². The molecule has 179 valence electrons. The molecule has 3 aromatic carbocycles. The van der Waals surface area contributed by atoms with Crippen molar-refractivity contribution in [2.75, 3.05) is 0 Å². The molecule has 34 heavy (non-hydrogen) atoms. The number of carbonyl (C=O) groups excluding carboxylic acids is 1. The fourth-order valence-corrected chi connectivity index (χ4v) is 4.08. The smallest absolute Gasteiger partial charge is 0.343 e. The lowest BCUT2D eigenvalue weighted by Gasteiger charge is -2.08. The zero-order valence-electron chi connectivity index (χ0n) is 20.5.